The van der Waals surface area contributed by atoms with Gasteiger partial charge >= 0.3 is 0 Å². The fourth-order valence-corrected chi connectivity index (χ4v) is 2.52. The van der Waals surface area contributed by atoms with Crippen LogP contribution in [0.2, 0.25) is 0 Å². The third kappa shape index (κ3) is 1.68. The number of imide groups is 1. The summed E-state index contributed by atoms with van der Waals surface area (Å²) in [5, 5.41) is 0. The Morgan fingerprint density at radius 3 is 1.90 bits per heavy atom. The molecule has 4 heteroatoms. The van der Waals surface area contributed by atoms with Crippen LogP contribution in [0.4, 0.5) is 5.82 Å². The maximum atomic E-state index is 12.5. The maximum Gasteiger partial charge on any atom is 0.267 e. The highest BCUT2D eigenvalue weighted by atomic mass is 16.2. The summed E-state index contributed by atoms with van der Waals surface area (Å²) < 4.78 is 1.94. The van der Waals surface area contributed by atoms with Crippen molar-refractivity contribution in [1.82, 2.24) is 4.57 Å². The van der Waals surface area contributed by atoms with Gasteiger partial charge in [-0.05, 0) is 45.0 Å². The van der Waals surface area contributed by atoms with Crippen LogP contribution in [0.5, 0.6) is 0 Å². The van der Waals surface area contributed by atoms with E-state index in [0.717, 1.165) is 0 Å². The summed E-state index contributed by atoms with van der Waals surface area (Å²) in [4.78, 5) is 26.2. The molecule has 0 unspecified atom stereocenters. The molecule has 0 aliphatic carbocycles. The molecule has 0 N–H and O–H groups in total. The number of amides is 2. The minimum Gasteiger partial charge on any atom is -0.329 e. The van der Waals surface area contributed by atoms with Gasteiger partial charge in [0.2, 0.25) is 0 Å². The van der Waals surface area contributed by atoms with Gasteiger partial charge in [-0.1, -0.05) is 12.1 Å². The van der Waals surface area contributed by atoms with Gasteiger partial charge in [0.15, 0.2) is 0 Å². The van der Waals surface area contributed by atoms with Crippen molar-refractivity contribution in [1.29, 1.82) is 0 Å². The van der Waals surface area contributed by atoms with Crippen molar-refractivity contribution in [3.05, 3.63) is 53.7 Å². The lowest BCUT2D eigenvalue weighted by Crippen LogP contribution is -2.34. The van der Waals surface area contributed by atoms with E-state index >= 15 is 0 Å². The Hall–Kier alpha value is -2.36. The third-order valence-electron chi connectivity index (χ3n) is 3.47. The topological polar surface area (TPSA) is 42.3 Å². The lowest BCUT2D eigenvalue weighted by Gasteiger charge is -2.27. The van der Waals surface area contributed by atoms with Crippen molar-refractivity contribution in [2.24, 2.45) is 0 Å². The molecule has 102 valence electrons. The molecule has 0 spiro atoms. The summed E-state index contributed by atoms with van der Waals surface area (Å²) in [5.41, 5.74) is 0.743. The average Bonchev–Trinajstić information content (AvgIpc) is 2.95. The van der Waals surface area contributed by atoms with Crippen LogP contribution in [0.25, 0.3) is 0 Å². The van der Waals surface area contributed by atoms with Gasteiger partial charge in [-0.25, -0.2) is 4.90 Å². The van der Waals surface area contributed by atoms with Crippen molar-refractivity contribution < 1.29 is 9.59 Å². The molecule has 0 saturated heterocycles. The van der Waals surface area contributed by atoms with Crippen molar-refractivity contribution in [2.45, 2.75) is 26.3 Å². The molecule has 1 aromatic heterocycles. The smallest absolute Gasteiger partial charge is 0.267 e. The Balaban J connectivity index is 2.13. The lowest BCUT2D eigenvalue weighted by molar-refractivity contribution is 0.0923. The second-order valence-electron chi connectivity index (χ2n) is 5.90. The van der Waals surface area contributed by atoms with Crippen LogP contribution in [-0.4, -0.2) is 16.4 Å². The first kappa shape index (κ1) is 12.7. The molecule has 2 heterocycles. The SMILES string of the molecule is CC(C)(C)n1cccc1N1C(=O)c2ccccc2C1=O. The molecule has 3 rings (SSSR count). The zero-order chi connectivity index (χ0) is 14.5. The number of anilines is 1. The van der Waals surface area contributed by atoms with Crippen molar-refractivity contribution in [2.75, 3.05) is 4.90 Å². The Morgan fingerprint density at radius 2 is 1.40 bits per heavy atom. The van der Waals surface area contributed by atoms with E-state index in [1.165, 1.54) is 4.90 Å². The molecule has 0 bridgehead atoms. The van der Waals surface area contributed by atoms with Crippen LogP contribution >= 0.6 is 0 Å². The predicted molar refractivity (Wildman–Crippen MR) is 77.0 cm³/mol. The largest absolute Gasteiger partial charge is 0.329 e. The minimum atomic E-state index is -0.255. The van der Waals surface area contributed by atoms with Crippen LogP contribution in [0.1, 0.15) is 41.5 Å². The number of benzene rings is 1. The van der Waals surface area contributed by atoms with Crippen LogP contribution in [0, 0.1) is 0 Å². The van der Waals surface area contributed by atoms with Gasteiger partial charge in [0, 0.05) is 11.7 Å². The van der Waals surface area contributed by atoms with Gasteiger partial charge in [-0.3, -0.25) is 9.59 Å². The van der Waals surface area contributed by atoms with Crippen molar-refractivity contribution in [3.63, 3.8) is 0 Å². The maximum absolute atomic E-state index is 12.5. The Labute approximate surface area is 117 Å². The van der Waals surface area contributed by atoms with E-state index in [1.54, 1.807) is 30.3 Å². The van der Waals surface area contributed by atoms with Crippen molar-refractivity contribution in [3.8, 4) is 0 Å². The number of carbonyl (C=O) groups excluding carboxylic acids is 2. The van der Waals surface area contributed by atoms with E-state index in [2.05, 4.69) is 0 Å². The number of fused-ring (bicyclic) bond motifs is 1. The zero-order valence-corrected chi connectivity index (χ0v) is 11.8. The van der Waals surface area contributed by atoms with Gasteiger partial charge in [-0.15, -0.1) is 0 Å². The molecule has 0 radical (unpaired) electrons. The number of rotatable bonds is 1. The second kappa shape index (κ2) is 4.07. The highest BCUT2D eigenvalue weighted by Gasteiger charge is 2.38. The van der Waals surface area contributed by atoms with Gasteiger partial charge in [-0.2, -0.15) is 0 Å². The monoisotopic (exact) mass is 268 g/mol. The van der Waals surface area contributed by atoms with Gasteiger partial charge in [0.05, 0.1) is 11.1 Å². The molecule has 2 aromatic rings. The second-order valence-corrected chi connectivity index (χ2v) is 5.90. The number of aromatic nitrogens is 1. The summed E-state index contributed by atoms with van der Waals surface area (Å²) in [6.07, 6.45) is 1.89. The standard InChI is InChI=1S/C16H16N2O2/c1-16(2,3)17-10-6-9-13(17)18-14(19)11-7-4-5-8-12(11)15(18)20/h4-10H,1-3H3. The Morgan fingerprint density at radius 1 is 0.850 bits per heavy atom. The first-order chi connectivity index (χ1) is 9.41. The van der Waals surface area contributed by atoms with Gasteiger partial charge < -0.3 is 4.57 Å². The Kier molecular flexibility index (Phi) is 2.57. The predicted octanol–water partition coefficient (Wildman–Crippen LogP) is 3.04. The summed E-state index contributed by atoms with van der Waals surface area (Å²) >= 11 is 0. The van der Waals surface area contributed by atoms with Crippen LogP contribution in [0.3, 0.4) is 0 Å². The Bertz CT molecular complexity index is 672. The third-order valence-corrected chi connectivity index (χ3v) is 3.47. The number of carbonyl (C=O) groups is 2. The van der Waals surface area contributed by atoms with Crippen LogP contribution < -0.4 is 4.90 Å². The average molecular weight is 268 g/mol. The van der Waals surface area contributed by atoms with E-state index in [0.29, 0.717) is 16.9 Å². The van der Waals surface area contributed by atoms with Gasteiger partial charge in [0.1, 0.15) is 5.82 Å². The van der Waals surface area contributed by atoms with Crippen LogP contribution in [-0.2, 0) is 5.54 Å². The van der Waals surface area contributed by atoms with Crippen LogP contribution in [0.15, 0.2) is 42.6 Å². The molecular formula is C16H16N2O2. The highest BCUT2D eigenvalue weighted by Crippen LogP contribution is 2.31. The first-order valence-electron chi connectivity index (χ1n) is 6.57. The molecule has 1 aromatic carbocycles. The number of nitrogens with zero attached hydrogens (tertiary/aromatic N) is 2. The summed E-state index contributed by atoms with van der Waals surface area (Å²) in [6, 6.07) is 10.6. The first-order valence-corrected chi connectivity index (χ1v) is 6.57. The number of hydrogen-bond donors (Lipinski definition) is 0. The van der Waals surface area contributed by atoms with E-state index in [-0.39, 0.29) is 17.4 Å². The van der Waals surface area contributed by atoms with E-state index < -0.39 is 0 Å². The molecular weight excluding hydrogens is 252 g/mol. The summed E-state index contributed by atoms with van der Waals surface area (Å²) in [7, 11) is 0. The summed E-state index contributed by atoms with van der Waals surface area (Å²) in [6.45, 7) is 6.11. The fraction of sp³-hybridized carbons (Fsp3) is 0.250. The molecule has 2 amide bonds. The molecule has 1 aliphatic heterocycles. The number of hydrogen-bond acceptors (Lipinski definition) is 2. The zero-order valence-electron chi connectivity index (χ0n) is 11.8. The minimum absolute atomic E-state index is 0.200. The normalized spacial score (nSPS) is 14.8. The quantitative estimate of drug-likeness (QED) is 0.746. The highest BCUT2D eigenvalue weighted by molar-refractivity contribution is 6.34. The molecule has 0 saturated carbocycles. The molecule has 0 fully saturated rings. The van der Waals surface area contributed by atoms with Gasteiger partial charge in [0.25, 0.3) is 11.8 Å². The molecule has 20 heavy (non-hydrogen) atoms. The molecule has 1 aliphatic rings. The lowest BCUT2D eigenvalue weighted by atomic mass is 10.1. The van der Waals surface area contributed by atoms with E-state index in [1.807, 2.05) is 37.6 Å². The summed E-state index contributed by atoms with van der Waals surface area (Å²) in [5.74, 6) is 0.105. The molecule has 0 atom stereocenters. The van der Waals surface area contributed by atoms with Crippen molar-refractivity contribution >= 4 is 17.6 Å². The molecule has 4 nitrogen and oxygen atoms in total. The van der Waals surface area contributed by atoms with E-state index in [9.17, 15) is 9.59 Å². The van der Waals surface area contributed by atoms with E-state index in [4.69, 9.17) is 0 Å². The fourth-order valence-electron chi connectivity index (χ4n) is 2.52.